The fourth-order valence-electron chi connectivity index (χ4n) is 2.48. The Hall–Kier alpha value is 0.320. The number of rotatable bonds is 1. The van der Waals surface area contributed by atoms with Gasteiger partial charge in [0.2, 0.25) is 0 Å². The van der Waals surface area contributed by atoms with Crippen LogP contribution in [0.15, 0.2) is 0 Å². The third kappa shape index (κ3) is 2.36. The number of hydrogen-bond acceptors (Lipinski definition) is 3. The van der Waals surface area contributed by atoms with Crippen LogP contribution in [-0.2, 0) is 0 Å². The molecular weight excluding hydrogens is 328 g/mol. The Morgan fingerprint density at radius 1 is 1.20 bits per heavy atom. The fourth-order valence-corrected chi connectivity index (χ4v) is 4.10. The molecule has 0 amide bonds. The Morgan fingerprint density at radius 2 is 1.53 bits per heavy atom. The highest BCUT2D eigenvalue weighted by atomic mass is 79.9. The van der Waals surface area contributed by atoms with Gasteiger partial charge in [-0.2, -0.15) is 0 Å². The van der Waals surface area contributed by atoms with E-state index in [0.29, 0.717) is 12.8 Å². The summed E-state index contributed by atoms with van der Waals surface area (Å²) in [5.41, 5.74) is -0.503. The maximum atomic E-state index is 11.1. The van der Waals surface area contributed by atoms with E-state index in [0.717, 1.165) is 0 Å². The second kappa shape index (κ2) is 3.67. The van der Waals surface area contributed by atoms with Crippen molar-refractivity contribution in [2.45, 2.75) is 56.1 Å². The topological polar surface area (TPSA) is 46.4 Å². The van der Waals surface area contributed by atoms with Gasteiger partial charge in [-0.1, -0.05) is 0 Å². The van der Waals surface area contributed by atoms with Crippen LogP contribution < -0.4 is 0 Å². The third-order valence-corrected chi connectivity index (χ3v) is 5.57. The minimum atomic E-state index is -1.01. The van der Waals surface area contributed by atoms with Crippen LogP contribution in [0, 0.1) is 10.1 Å². The molecule has 15 heavy (non-hydrogen) atoms. The van der Waals surface area contributed by atoms with Crippen molar-refractivity contribution in [2.24, 2.45) is 0 Å². The minimum Gasteiger partial charge on any atom is -0.263 e. The number of piperidine rings is 1. The highest BCUT2D eigenvalue weighted by Crippen LogP contribution is 2.49. The summed E-state index contributed by atoms with van der Waals surface area (Å²) in [4.78, 5) is 10.9. The van der Waals surface area contributed by atoms with Crippen LogP contribution in [0.25, 0.3) is 0 Å². The Kier molecular flexibility index (Phi) is 3.27. The monoisotopic (exact) mass is 342 g/mol. The van der Waals surface area contributed by atoms with Crippen LogP contribution in [0.3, 0.4) is 0 Å². The van der Waals surface area contributed by atoms with Crippen LogP contribution in [0.5, 0.6) is 0 Å². The summed E-state index contributed by atoms with van der Waals surface area (Å²) in [6, 6.07) is 0. The molecule has 88 valence electrons. The van der Waals surface area contributed by atoms with Gasteiger partial charge in [0.25, 0.3) is 4.45 Å². The molecule has 1 aliphatic rings. The van der Waals surface area contributed by atoms with Gasteiger partial charge in [0.15, 0.2) is 0 Å². The van der Waals surface area contributed by atoms with Gasteiger partial charge in [0.1, 0.15) is 0 Å². The molecule has 4 nitrogen and oxygen atoms in total. The molecule has 1 aliphatic heterocycles. The molecule has 1 rings (SSSR count). The van der Waals surface area contributed by atoms with Crippen molar-refractivity contribution >= 4 is 32.1 Å². The van der Waals surface area contributed by atoms with Crippen molar-refractivity contribution in [3.63, 3.8) is 0 Å². The lowest BCUT2D eigenvalue weighted by atomic mass is 9.80. The van der Waals surface area contributed by atoms with E-state index in [1.54, 1.807) is 0 Å². The number of halogens is 2. The van der Waals surface area contributed by atoms with Gasteiger partial charge in [-0.25, -0.2) is 3.93 Å². The molecule has 0 N–H and O–H groups in total. The lowest BCUT2D eigenvalue weighted by Gasteiger charge is -2.51. The van der Waals surface area contributed by atoms with Gasteiger partial charge in [-0.3, -0.25) is 10.1 Å². The first-order chi connectivity index (χ1) is 6.51. The lowest BCUT2D eigenvalue weighted by molar-refractivity contribution is -0.545. The van der Waals surface area contributed by atoms with E-state index < -0.39 is 4.45 Å². The number of hydrogen-bond donors (Lipinski definition) is 0. The second-order valence-electron chi connectivity index (χ2n) is 5.43. The van der Waals surface area contributed by atoms with E-state index in [-0.39, 0.29) is 16.0 Å². The predicted octanol–water partition coefficient (Wildman–Crippen LogP) is 3.32. The maximum Gasteiger partial charge on any atom is 0.278 e. The van der Waals surface area contributed by atoms with Gasteiger partial charge >= 0.3 is 0 Å². The summed E-state index contributed by atoms with van der Waals surface area (Å²) in [6.45, 7) is 8.01. The Labute approximate surface area is 107 Å². The molecule has 0 aliphatic carbocycles. The van der Waals surface area contributed by atoms with E-state index in [9.17, 15) is 10.1 Å². The summed E-state index contributed by atoms with van der Waals surface area (Å²) in [5.74, 6) is 0. The van der Waals surface area contributed by atoms with Crippen LogP contribution in [-0.4, -0.2) is 24.4 Å². The molecule has 0 saturated carbocycles. The van der Waals surface area contributed by atoms with Crippen molar-refractivity contribution in [1.29, 1.82) is 0 Å². The summed E-state index contributed by atoms with van der Waals surface area (Å²) < 4.78 is 1.03. The molecular formula is C9H16Br2N2O2. The molecule has 1 saturated heterocycles. The van der Waals surface area contributed by atoms with Gasteiger partial charge < -0.3 is 0 Å². The summed E-state index contributed by atoms with van der Waals surface area (Å²) >= 11 is 6.81. The molecule has 6 heteroatoms. The van der Waals surface area contributed by atoms with Gasteiger partial charge in [-0.15, -0.1) is 0 Å². The summed E-state index contributed by atoms with van der Waals surface area (Å²) in [7, 11) is 0. The molecule has 0 aromatic heterocycles. The zero-order valence-electron chi connectivity index (χ0n) is 9.38. The van der Waals surface area contributed by atoms with Gasteiger partial charge in [0, 0.05) is 60.9 Å². The van der Waals surface area contributed by atoms with E-state index in [4.69, 9.17) is 0 Å². The summed E-state index contributed by atoms with van der Waals surface area (Å²) in [6.07, 6.45) is 0.948. The highest BCUT2D eigenvalue weighted by Gasteiger charge is 2.57. The predicted molar refractivity (Wildman–Crippen MR) is 66.8 cm³/mol. The summed E-state index contributed by atoms with van der Waals surface area (Å²) in [5, 5.41) is 11.1. The lowest BCUT2D eigenvalue weighted by Crippen LogP contribution is -2.61. The zero-order chi connectivity index (χ0) is 12.1. The van der Waals surface area contributed by atoms with E-state index in [2.05, 4.69) is 32.1 Å². The first kappa shape index (κ1) is 13.4. The van der Waals surface area contributed by atoms with Crippen molar-refractivity contribution in [3.8, 4) is 0 Å². The quantitative estimate of drug-likeness (QED) is 0.241. The Balaban J connectivity index is 3.09. The minimum absolute atomic E-state index is 0.212. The van der Waals surface area contributed by atoms with Crippen LogP contribution in [0.1, 0.15) is 40.5 Å². The van der Waals surface area contributed by atoms with Gasteiger partial charge in [0.05, 0.1) is 0 Å². The van der Waals surface area contributed by atoms with E-state index in [1.165, 1.54) is 0 Å². The van der Waals surface area contributed by atoms with Crippen molar-refractivity contribution < 1.29 is 4.92 Å². The molecule has 0 radical (unpaired) electrons. The van der Waals surface area contributed by atoms with Crippen LogP contribution >= 0.6 is 32.1 Å². The Morgan fingerprint density at radius 3 is 1.80 bits per heavy atom. The SMILES string of the molecule is CC1(C)CC(Br)([N+](=O)[O-])CC(C)(C)N1Br. The van der Waals surface area contributed by atoms with Crippen molar-refractivity contribution in [2.75, 3.05) is 0 Å². The zero-order valence-corrected chi connectivity index (χ0v) is 12.6. The van der Waals surface area contributed by atoms with Crippen LogP contribution in [0.4, 0.5) is 0 Å². The molecule has 1 fully saturated rings. The number of alkyl halides is 1. The maximum absolute atomic E-state index is 11.1. The van der Waals surface area contributed by atoms with Gasteiger partial charge in [-0.05, 0) is 27.7 Å². The average molecular weight is 344 g/mol. The van der Waals surface area contributed by atoms with Crippen molar-refractivity contribution in [3.05, 3.63) is 10.1 Å². The first-order valence-electron chi connectivity index (χ1n) is 4.81. The largest absolute Gasteiger partial charge is 0.278 e. The Bertz CT molecular complexity index is 274. The van der Waals surface area contributed by atoms with E-state index in [1.807, 2.05) is 31.6 Å². The molecule has 0 bridgehead atoms. The molecule has 0 atom stereocenters. The molecule has 0 aromatic rings. The number of nitro groups is 1. The molecule has 1 heterocycles. The fraction of sp³-hybridized carbons (Fsp3) is 1.00. The first-order valence-corrected chi connectivity index (χ1v) is 6.31. The smallest absolute Gasteiger partial charge is 0.263 e. The third-order valence-electron chi connectivity index (χ3n) is 2.80. The molecule has 0 spiro atoms. The van der Waals surface area contributed by atoms with Crippen molar-refractivity contribution in [1.82, 2.24) is 3.93 Å². The average Bonchev–Trinajstić information content (AvgIpc) is 1.98. The van der Waals surface area contributed by atoms with Crippen LogP contribution in [0.2, 0.25) is 0 Å². The second-order valence-corrected chi connectivity index (χ2v) is 7.62. The number of nitrogens with zero attached hydrogens (tertiary/aromatic N) is 2. The molecule has 0 unspecified atom stereocenters. The van der Waals surface area contributed by atoms with E-state index >= 15 is 0 Å². The standard InChI is InChI=1S/C9H16Br2N2O2/c1-7(2)5-9(10,13(14)15)6-8(3,4)12(7)11/h5-6H2,1-4H3. The highest BCUT2D eigenvalue weighted by molar-refractivity contribution is 9.10. The normalized spacial score (nSPS) is 28.7. The molecule has 0 aromatic carbocycles.